The van der Waals surface area contributed by atoms with Crippen molar-refractivity contribution < 1.29 is 19.0 Å². The van der Waals surface area contributed by atoms with Gasteiger partial charge in [-0.3, -0.25) is 4.90 Å². The number of urea groups is 1. The van der Waals surface area contributed by atoms with Gasteiger partial charge in [0.25, 0.3) is 0 Å². The Kier molecular flexibility index (Phi) is 5.42. The topological polar surface area (TPSA) is 63.3 Å². The number of nitrogens with zero attached hydrogens (tertiary/aromatic N) is 2. The molecule has 1 atom stereocenters. The Balaban J connectivity index is 1.46. The van der Waals surface area contributed by atoms with Gasteiger partial charge in [0.05, 0.1) is 13.2 Å². The third kappa shape index (κ3) is 4.10. The summed E-state index contributed by atoms with van der Waals surface area (Å²) >= 11 is 0. The molecule has 2 amide bonds. The first-order valence-corrected chi connectivity index (χ1v) is 8.33. The second-order valence-corrected chi connectivity index (χ2v) is 6.23. The van der Waals surface area contributed by atoms with E-state index < -0.39 is 0 Å². The molecule has 1 aromatic carbocycles. The van der Waals surface area contributed by atoms with Crippen LogP contribution in [0.1, 0.15) is 12.5 Å². The van der Waals surface area contributed by atoms with Crippen molar-refractivity contribution in [3.05, 3.63) is 23.8 Å². The Labute approximate surface area is 142 Å². The fourth-order valence-corrected chi connectivity index (χ4v) is 2.90. The van der Waals surface area contributed by atoms with Gasteiger partial charge in [-0.15, -0.1) is 0 Å². The maximum absolute atomic E-state index is 12.3. The van der Waals surface area contributed by atoms with E-state index in [1.54, 1.807) is 11.9 Å². The van der Waals surface area contributed by atoms with E-state index in [0.717, 1.165) is 43.4 Å². The summed E-state index contributed by atoms with van der Waals surface area (Å²) in [5.74, 6) is 1.49. The molecule has 0 radical (unpaired) electrons. The van der Waals surface area contributed by atoms with Crippen LogP contribution in [0.5, 0.6) is 11.5 Å². The highest BCUT2D eigenvalue weighted by atomic mass is 16.7. The monoisotopic (exact) mass is 335 g/mol. The minimum atomic E-state index is -0.0761. The second-order valence-electron chi connectivity index (χ2n) is 6.23. The van der Waals surface area contributed by atoms with Crippen molar-refractivity contribution in [3.63, 3.8) is 0 Å². The quantitative estimate of drug-likeness (QED) is 0.878. The van der Waals surface area contributed by atoms with E-state index >= 15 is 0 Å². The first kappa shape index (κ1) is 16.9. The molecule has 132 valence electrons. The molecule has 1 aromatic rings. The van der Waals surface area contributed by atoms with Gasteiger partial charge in [-0.2, -0.15) is 0 Å². The highest BCUT2D eigenvalue weighted by Crippen LogP contribution is 2.32. The van der Waals surface area contributed by atoms with Crippen LogP contribution < -0.4 is 14.8 Å². The molecule has 0 aliphatic carbocycles. The molecule has 1 N–H and O–H groups in total. The summed E-state index contributed by atoms with van der Waals surface area (Å²) in [5.41, 5.74) is 1.01. The van der Waals surface area contributed by atoms with E-state index in [2.05, 4.69) is 17.1 Å². The molecule has 0 aromatic heterocycles. The standard InChI is InChI=1S/C17H25N3O4/c1-13(20-5-7-22-8-6-20)10-18-17(21)19(2)11-14-3-4-15-16(9-14)24-12-23-15/h3-4,9,13H,5-8,10-12H2,1-2H3,(H,18,21)/t13-/m1/s1. The molecule has 0 spiro atoms. The summed E-state index contributed by atoms with van der Waals surface area (Å²) in [4.78, 5) is 16.3. The summed E-state index contributed by atoms with van der Waals surface area (Å²) in [6, 6.07) is 5.98. The number of carbonyl (C=O) groups excluding carboxylic acids is 1. The fourth-order valence-electron chi connectivity index (χ4n) is 2.90. The highest BCUT2D eigenvalue weighted by molar-refractivity contribution is 5.73. The largest absolute Gasteiger partial charge is 0.454 e. The second kappa shape index (κ2) is 7.72. The van der Waals surface area contributed by atoms with Crippen LogP contribution in [0.4, 0.5) is 4.79 Å². The number of rotatable bonds is 5. The number of benzene rings is 1. The Morgan fingerprint density at radius 3 is 2.83 bits per heavy atom. The lowest BCUT2D eigenvalue weighted by Crippen LogP contribution is -2.49. The molecule has 0 bridgehead atoms. The third-order valence-corrected chi connectivity index (χ3v) is 4.42. The molecule has 0 saturated carbocycles. The summed E-state index contributed by atoms with van der Waals surface area (Å²) in [5, 5.41) is 3.00. The molecule has 3 rings (SSSR count). The van der Waals surface area contributed by atoms with Crippen molar-refractivity contribution in [2.75, 3.05) is 46.7 Å². The molecule has 2 aliphatic rings. The molecule has 2 aliphatic heterocycles. The van der Waals surface area contributed by atoms with Crippen LogP contribution in [0.15, 0.2) is 18.2 Å². The van der Waals surface area contributed by atoms with Crippen molar-refractivity contribution in [3.8, 4) is 11.5 Å². The molecule has 7 nitrogen and oxygen atoms in total. The minimum Gasteiger partial charge on any atom is -0.454 e. The van der Waals surface area contributed by atoms with Crippen molar-refractivity contribution in [1.82, 2.24) is 15.1 Å². The Bertz CT molecular complexity index is 575. The van der Waals surface area contributed by atoms with Gasteiger partial charge >= 0.3 is 6.03 Å². The lowest BCUT2D eigenvalue weighted by atomic mass is 10.2. The van der Waals surface area contributed by atoms with Crippen LogP contribution in [0.3, 0.4) is 0 Å². The minimum absolute atomic E-state index is 0.0761. The Morgan fingerprint density at radius 2 is 2.04 bits per heavy atom. The van der Waals surface area contributed by atoms with Crippen LogP contribution in [-0.4, -0.2) is 68.6 Å². The average molecular weight is 335 g/mol. The van der Waals surface area contributed by atoms with Gasteiger partial charge in [0.1, 0.15) is 0 Å². The number of fused-ring (bicyclic) bond motifs is 1. The summed E-state index contributed by atoms with van der Waals surface area (Å²) in [6.07, 6.45) is 0. The molecule has 1 fully saturated rings. The number of ether oxygens (including phenoxy) is 3. The predicted molar refractivity (Wildman–Crippen MR) is 89.3 cm³/mol. The number of morpholine rings is 1. The highest BCUT2D eigenvalue weighted by Gasteiger charge is 2.19. The summed E-state index contributed by atoms with van der Waals surface area (Å²) in [6.45, 7) is 6.91. The Hall–Kier alpha value is -1.99. The zero-order valence-electron chi connectivity index (χ0n) is 14.3. The van der Waals surface area contributed by atoms with E-state index in [-0.39, 0.29) is 12.8 Å². The van der Waals surface area contributed by atoms with Crippen LogP contribution in [-0.2, 0) is 11.3 Å². The van der Waals surface area contributed by atoms with Crippen LogP contribution >= 0.6 is 0 Å². The number of carbonyl (C=O) groups is 1. The molecular weight excluding hydrogens is 310 g/mol. The van der Waals surface area contributed by atoms with Gasteiger partial charge < -0.3 is 24.4 Å². The number of hydrogen-bond donors (Lipinski definition) is 1. The average Bonchev–Trinajstić information content (AvgIpc) is 3.07. The van der Waals surface area contributed by atoms with Gasteiger partial charge in [0.2, 0.25) is 6.79 Å². The number of amides is 2. The van der Waals surface area contributed by atoms with Gasteiger partial charge in [0, 0.05) is 39.3 Å². The van der Waals surface area contributed by atoms with Gasteiger partial charge in [-0.05, 0) is 24.6 Å². The van der Waals surface area contributed by atoms with Crippen molar-refractivity contribution >= 4 is 6.03 Å². The normalized spacial score (nSPS) is 18.2. The fraction of sp³-hybridized carbons (Fsp3) is 0.588. The zero-order chi connectivity index (χ0) is 16.9. The van der Waals surface area contributed by atoms with Crippen molar-refractivity contribution in [2.24, 2.45) is 0 Å². The maximum Gasteiger partial charge on any atom is 0.317 e. The predicted octanol–water partition coefficient (Wildman–Crippen LogP) is 1.28. The molecule has 1 saturated heterocycles. The smallest absolute Gasteiger partial charge is 0.317 e. The molecule has 0 unspecified atom stereocenters. The maximum atomic E-state index is 12.3. The van der Waals surface area contributed by atoms with Crippen LogP contribution in [0.2, 0.25) is 0 Å². The molecular formula is C17H25N3O4. The van der Waals surface area contributed by atoms with E-state index in [9.17, 15) is 4.79 Å². The zero-order valence-corrected chi connectivity index (χ0v) is 14.3. The van der Waals surface area contributed by atoms with Crippen molar-refractivity contribution in [2.45, 2.75) is 19.5 Å². The van der Waals surface area contributed by atoms with Crippen LogP contribution in [0.25, 0.3) is 0 Å². The summed E-state index contributed by atoms with van der Waals surface area (Å²) in [7, 11) is 1.79. The van der Waals surface area contributed by atoms with E-state index in [0.29, 0.717) is 19.1 Å². The van der Waals surface area contributed by atoms with Crippen LogP contribution in [0, 0.1) is 0 Å². The van der Waals surface area contributed by atoms with Crippen molar-refractivity contribution in [1.29, 1.82) is 0 Å². The first-order chi connectivity index (χ1) is 11.6. The van der Waals surface area contributed by atoms with Gasteiger partial charge in [-0.1, -0.05) is 6.07 Å². The third-order valence-electron chi connectivity index (χ3n) is 4.42. The van der Waals surface area contributed by atoms with E-state index in [1.165, 1.54) is 0 Å². The molecule has 2 heterocycles. The Morgan fingerprint density at radius 1 is 1.29 bits per heavy atom. The number of nitrogens with one attached hydrogen (secondary N) is 1. The van der Waals surface area contributed by atoms with Gasteiger partial charge in [-0.25, -0.2) is 4.79 Å². The number of hydrogen-bond acceptors (Lipinski definition) is 5. The van der Waals surface area contributed by atoms with Gasteiger partial charge in [0.15, 0.2) is 11.5 Å². The lowest BCUT2D eigenvalue weighted by Gasteiger charge is -2.32. The summed E-state index contributed by atoms with van der Waals surface area (Å²) < 4.78 is 16.0. The van der Waals surface area contributed by atoms with E-state index in [1.807, 2.05) is 18.2 Å². The molecule has 7 heteroatoms. The first-order valence-electron chi connectivity index (χ1n) is 8.33. The SMILES string of the molecule is C[C@H](CNC(=O)N(C)Cc1ccc2c(c1)OCO2)N1CCOCC1. The molecule has 24 heavy (non-hydrogen) atoms. The lowest BCUT2D eigenvalue weighted by molar-refractivity contribution is 0.0207. The van der Waals surface area contributed by atoms with E-state index in [4.69, 9.17) is 14.2 Å².